The minimum absolute atomic E-state index is 0.0654. The number of anilines is 1. The summed E-state index contributed by atoms with van der Waals surface area (Å²) in [6.45, 7) is 4.33. The molecule has 1 aromatic heterocycles. The molecule has 0 bridgehead atoms. The van der Waals surface area contributed by atoms with Gasteiger partial charge < -0.3 is 14.1 Å². The second-order valence-electron chi connectivity index (χ2n) is 8.45. The van der Waals surface area contributed by atoms with E-state index in [1.807, 2.05) is 80.6 Å². The van der Waals surface area contributed by atoms with Crippen molar-refractivity contribution < 1.29 is 13.9 Å². The Bertz CT molecular complexity index is 1410. The smallest absolute Gasteiger partial charge is 0.264 e. The molecule has 0 atom stereocenters. The molecule has 4 aromatic rings. The molecule has 0 fully saturated rings. The van der Waals surface area contributed by atoms with Crippen LogP contribution < -0.4 is 15.1 Å². The van der Waals surface area contributed by atoms with Gasteiger partial charge in [0.1, 0.15) is 5.58 Å². The summed E-state index contributed by atoms with van der Waals surface area (Å²) in [7, 11) is 0. The van der Waals surface area contributed by atoms with Crippen molar-refractivity contribution in [2.75, 3.05) is 18.1 Å². The molecule has 0 saturated carbocycles. The molecule has 5 rings (SSSR count). The lowest BCUT2D eigenvalue weighted by Gasteiger charge is -2.29. The summed E-state index contributed by atoms with van der Waals surface area (Å²) in [5.41, 5.74) is 5.05. The number of nitrogens with zero attached hydrogens (tertiary/aromatic N) is 1. The maximum atomic E-state index is 13.5. The van der Waals surface area contributed by atoms with Gasteiger partial charge in [-0.15, -0.1) is 0 Å². The second kappa shape index (κ2) is 8.58. The summed E-state index contributed by atoms with van der Waals surface area (Å²) in [6, 6.07) is 21.0. The Morgan fingerprint density at radius 1 is 1.00 bits per heavy atom. The highest BCUT2D eigenvalue weighted by Gasteiger charge is 2.24. The summed E-state index contributed by atoms with van der Waals surface area (Å²) in [5.74, 6) is 0.222. The SMILES string of the molecule is Cc1cc2oc(-c3ccccc3)c(OCC(=O)N3CCCc4ccccc43)c(=O)c2cc1C. The molecule has 0 spiro atoms. The second-order valence-corrected chi connectivity index (χ2v) is 8.45. The minimum Gasteiger partial charge on any atom is -0.476 e. The highest BCUT2D eigenvalue weighted by molar-refractivity contribution is 5.95. The lowest BCUT2D eigenvalue weighted by Crippen LogP contribution is -2.39. The van der Waals surface area contributed by atoms with Gasteiger partial charge in [0.05, 0.1) is 5.39 Å². The molecule has 3 aromatic carbocycles. The van der Waals surface area contributed by atoms with E-state index in [2.05, 4.69) is 0 Å². The largest absolute Gasteiger partial charge is 0.476 e. The molecule has 166 valence electrons. The summed E-state index contributed by atoms with van der Waals surface area (Å²) < 4.78 is 12.1. The fourth-order valence-electron chi connectivity index (χ4n) is 4.35. The standard InChI is InChI=1S/C28H25NO4/c1-18-15-22-24(16-19(18)2)33-27(21-10-4-3-5-11-21)28(26(22)31)32-17-25(30)29-14-8-12-20-9-6-7-13-23(20)29/h3-7,9-11,13,15-16H,8,12,14,17H2,1-2H3. The number of benzene rings is 3. The Hall–Kier alpha value is -3.86. The number of hydrogen-bond donors (Lipinski definition) is 0. The topological polar surface area (TPSA) is 59.8 Å². The fraction of sp³-hybridized carbons (Fsp3) is 0.214. The molecular weight excluding hydrogens is 414 g/mol. The van der Waals surface area contributed by atoms with E-state index in [9.17, 15) is 9.59 Å². The van der Waals surface area contributed by atoms with Crippen molar-refractivity contribution in [3.63, 3.8) is 0 Å². The molecule has 0 N–H and O–H groups in total. The zero-order chi connectivity index (χ0) is 22.9. The van der Waals surface area contributed by atoms with Gasteiger partial charge in [0.2, 0.25) is 11.2 Å². The Kier molecular flexibility index (Phi) is 5.47. The van der Waals surface area contributed by atoms with Crippen LogP contribution in [0, 0.1) is 13.8 Å². The van der Waals surface area contributed by atoms with E-state index in [0.29, 0.717) is 23.3 Å². The van der Waals surface area contributed by atoms with Gasteiger partial charge in [-0.25, -0.2) is 0 Å². The number of carbonyl (C=O) groups is 1. The van der Waals surface area contributed by atoms with E-state index >= 15 is 0 Å². The van der Waals surface area contributed by atoms with Crippen LogP contribution in [0.2, 0.25) is 0 Å². The Labute approximate surface area is 192 Å². The average Bonchev–Trinajstić information content (AvgIpc) is 2.84. The highest BCUT2D eigenvalue weighted by atomic mass is 16.5. The molecule has 5 nitrogen and oxygen atoms in total. The molecule has 1 amide bonds. The zero-order valence-electron chi connectivity index (χ0n) is 18.8. The van der Waals surface area contributed by atoms with Gasteiger partial charge in [-0.2, -0.15) is 0 Å². The van der Waals surface area contributed by atoms with E-state index in [1.54, 1.807) is 4.90 Å². The number of rotatable bonds is 4. The predicted octanol–water partition coefficient (Wildman–Crippen LogP) is 5.44. The van der Waals surface area contributed by atoms with E-state index in [0.717, 1.165) is 40.8 Å². The van der Waals surface area contributed by atoms with Gasteiger partial charge in [0.25, 0.3) is 5.91 Å². The summed E-state index contributed by atoms with van der Waals surface area (Å²) in [4.78, 5) is 28.3. The number of amides is 1. The maximum Gasteiger partial charge on any atom is 0.264 e. The van der Waals surface area contributed by atoms with Crippen LogP contribution in [0.25, 0.3) is 22.3 Å². The van der Waals surface area contributed by atoms with Crippen molar-refractivity contribution in [2.45, 2.75) is 26.7 Å². The molecule has 0 radical (unpaired) electrons. The van der Waals surface area contributed by atoms with Crippen LogP contribution in [0.15, 0.2) is 75.9 Å². The van der Waals surface area contributed by atoms with E-state index in [1.165, 1.54) is 0 Å². The van der Waals surface area contributed by atoms with Crippen molar-refractivity contribution in [3.8, 4) is 17.1 Å². The van der Waals surface area contributed by atoms with Crippen LogP contribution in [0.4, 0.5) is 5.69 Å². The number of ether oxygens (including phenoxy) is 1. The maximum absolute atomic E-state index is 13.5. The van der Waals surface area contributed by atoms with Crippen LogP contribution in [0.5, 0.6) is 5.75 Å². The normalized spacial score (nSPS) is 13.1. The van der Waals surface area contributed by atoms with Crippen molar-refractivity contribution in [3.05, 3.63) is 93.6 Å². The number of hydrogen-bond acceptors (Lipinski definition) is 4. The molecule has 0 aliphatic carbocycles. The van der Waals surface area contributed by atoms with Crippen LogP contribution in [-0.4, -0.2) is 19.1 Å². The van der Waals surface area contributed by atoms with Crippen LogP contribution in [0.1, 0.15) is 23.1 Å². The number of carbonyl (C=O) groups excluding carboxylic acids is 1. The first kappa shape index (κ1) is 21.0. The molecular formula is C28H25NO4. The third-order valence-electron chi connectivity index (χ3n) is 6.25. The molecule has 2 heterocycles. The summed E-state index contributed by atoms with van der Waals surface area (Å²) >= 11 is 0. The summed E-state index contributed by atoms with van der Waals surface area (Å²) in [5, 5.41) is 0.448. The lowest BCUT2D eigenvalue weighted by molar-refractivity contribution is -0.120. The molecule has 0 unspecified atom stereocenters. The van der Waals surface area contributed by atoms with Crippen molar-refractivity contribution in [1.82, 2.24) is 0 Å². The average molecular weight is 440 g/mol. The van der Waals surface area contributed by atoms with Crippen molar-refractivity contribution in [1.29, 1.82) is 0 Å². The first-order valence-corrected chi connectivity index (χ1v) is 11.2. The Morgan fingerprint density at radius 3 is 2.55 bits per heavy atom. The highest BCUT2D eigenvalue weighted by Crippen LogP contribution is 2.32. The third-order valence-corrected chi connectivity index (χ3v) is 6.25. The van der Waals surface area contributed by atoms with E-state index < -0.39 is 0 Å². The molecule has 5 heteroatoms. The van der Waals surface area contributed by atoms with Gasteiger partial charge in [0, 0.05) is 17.8 Å². The molecule has 0 saturated heterocycles. The Morgan fingerprint density at radius 2 is 1.73 bits per heavy atom. The van der Waals surface area contributed by atoms with Gasteiger partial charge in [-0.1, -0.05) is 48.5 Å². The number of fused-ring (bicyclic) bond motifs is 2. The minimum atomic E-state index is -0.273. The Balaban J connectivity index is 1.54. The van der Waals surface area contributed by atoms with Crippen LogP contribution >= 0.6 is 0 Å². The van der Waals surface area contributed by atoms with Crippen molar-refractivity contribution >= 4 is 22.6 Å². The quantitative estimate of drug-likeness (QED) is 0.425. The lowest BCUT2D eigenvalue weighted by atomic mass is 10.0. The zero-order valence-corrected chi connectivity index (χ0v) is 18.8. The van der Waals surface area contributed by atoms with Gasteiger partial charge in [-0.3, -0.25) is 9.59 Å². The number of para-hydroxylation sites is 1. The molecule has 1 aliphatic heterocycles. The first-order valence-electron chi connectivity index (χ1n) is 11.2. The van der Waals surface area contributed by atoms with Gasteiger partial charge in [0.15, 0.2) is 12.4 Å². The van der Waals surface area contributed by atoms with Crippen LogP contribution in [0.3, 0.4) is 0 Å². The molecule has 1 aliphatic rings. The number of aryl methyl sites for hydroxylation is 3. The van der Waals surface area contributed by atoms with E-state index in [-0.39, 0.29) is 23.7 Å². The van der Waals surface area contributed by atoms with Crippen molar-refractivity contribution in [2.24, 2.45) is 0 Å². The first-order chi connectivity index (χ1) is 16.0. The monoisotopic (exact) mass is 439 g/mol. The van der Waals surface area contributed by atoms with Gasteiger partial charge in [-0.05, 0) is 61.6 Å². The fourth-order valence-corrected chi connectivity index (χ4v) is 4.35. The summed E-state index contributed by atoms with van der Waals surface area (Å²) in [6.07, 6.45) is 1.85. The predicted molar refractivity (Wildman–Crippen MR) is 130 cm³/mol. The van der Waals surface area contributed by atoms with Crippen LogP contribution in [-0.2, 0) is 11.2 Å². The molecule has 33 heavy (non-hydrogen) atoms. The third kappa shape index (κ3) is 3.91. The van der Waals surface area contributed by atoms with E-state index in [4.69, 9.17) is 9.15 Å². The van der Waals surface area contributed by atoms with Gasteiger partial charge >= 0.3 is 0 Å².